The van der Waals surface area contributed by atoms with Gasteiger partial charge in [-0.25, -0.2) is 0 Å². The zero-order chi connectivity index (χ0) is 12.2. The lowest BCUT2D eigenvalue weighted by atomic mass is 10.3. The van der Waals surface area contributed by atoms with Crippen molar-refractivity contribution < 1.29 is 8.83 Å². The minimum absolute atomic E-state index is 0.454. The van der Waals surface area contributed by atoms with Crippen molar-refractivity contribution in [3.05, 3.63) is 24.3 Å². The Morgan fingerprint density at radius 2 is 2.17 bits per heavy atom. The van der Waals surface area contributed by atoms with Gasteiger partial charge in [-0.05, 0) is 12.1 Å². The molecule has 6 nitrogen and oxygen atoms in total. The number of hydrogen-bond donors (Lipinski definition) is 1. The second kappa shape index (κ2) is 5.32. The molecule has 6 heteroatoms. The molecular formula is C12H16N4O2. The fraction of sp³-hybridized carbons (Fsp3) is 0.500. The van der Waals surface area contributed by atoms with Gasteiger partial charge in [0, 0.05) is 39.1 Å². The molecule has 0 aliphatic carbocycles. The van der Waals surface area contributed by atoms with Crippen molar-refractivity contribution in [1.29, 1.82) is 0 Å². The zero-order valence-electron chi connectivity index (χ0n) is 10.1. The Morgan fingerprint density at radius 3 is 2.94 bits per heavy atom. The summed E-state index contributed by atoms with van der Waals surface area (Å²) in [7, 11) is 0. The smallest absolute Gasteiger partial charge is 0.283 e. The Kier molecular flexibility index (Phi) is 3.38. The lowest BCUT2D eigenvalue weighted by Crippen LogP contribution is -2.44. The van der Waals surface area contributed by atoms with Gasteiger partial charge in [-0.1, -0.05) is 0 Å². The van der Waals surface area contributed by atoms with Crippen LogP contribution in [0.15, 0.2) is 27.2 Å². The van der Waals surface area contributed by atoms with E-state index in [1.807, 2.05) is 6.07 Å². The van der Waals surface area contributed by atoms with Crippen molar-refractivity contribution >= 4 is 0 Å². The highest BCUT2D eigenvalue weighted by molar-refractivity contribution is 5.42. The Bertz CT molecular complexity index is 474. The number of furan rings is 1. The summed E-state index contributed by atoms with van der Waals surface area (Å²) >= 11 is 0. The molecule has 0 aromatic carbocycles. The van der Waals surface area contributed by atoms with Gasteiger partial charge in [0.05, 0.1) is 6.26 Å². The van der Waals surface area contributed by atoms with Crippen LogP contribution < -0.4 is 5.32 Å². The molecule has 3 rings (SSSR count). The van der Waals surface area contributed by atoms with E-state index in [0.29, 0.717) is 17.5 Å². The molecule has 0 spiro atoms. The van der Waals surface area contributed by atoms with Crippen LogP contribution >= 0.6 is 0 Å². The first-order valence-electron chi connectivity index (χ1n) is 6.21. The van der Waals surface area contributed by atoms with Gasteiger partial charge in [0.1, 0.15) is 0 Å². The average molecular weight is 248 g/mol. The van der Waals surface area contributed by atoms with Crippen molar-refractivity contribution in [3.63, 3.8) is 0 Å². The Morgan fingerprint density at radius 1 is 1.28 bits per heavy atom. The van der Waals surface area contributed by atoms with Gasteiger partial charge in [-0.15, -0.1) is 10.2 Å². The maximum Gasteiger partial charge on any atom is 0.283 e. The van der Waals surface area contributed by atoms with E-state index in [1.54, 1.807) is 12.3 Å². The summed E-state index contributed by atoms with van der Waals surface area (Å²) in [6.07, 6.45) is 2.38. The van der Waals surface area contributed by atoms with E-state index in [4.69, 9.17) is 8.83 Å². The molecule has 2 aromatic heterocycles. The van der Waals surface area contributed by atoms with Crippen LogP contribution in [0.2, 0.25) is 0 Å². The van der Waals surface area contributed by atoms with Gasteiger partial charge >= 0.3 is 0 Å². The Labute approximate surface area is 105 Å². The van der Waals surface area contributed by atoms with Crippen LogP contribution in [0.4, 0.5) is 0 Å². The van der Waals surface area contributed by atoms with Crippen LogP contribution in [0.5, 0.6) is 0 Å². The first-order valence-corrected chi connectivity index (χ1v) is 6.21. The molecule has 0 saturated carbocycles. The van der Waals surface area contributed by atoms with Crippen molar-refractivity contribution in [2.24, 2.45) is 0 Å². The van der Waals surface area contributed by atoms with Crippen LogP contribution in [0, 0.1) is 0 Å². The van der Waals surface area contributed by atoms with Gasteiger partial charge in [-0.3, -0.25) is 0 Å². The second-order valence-electron chi connectivity index (χ2n) is 4.32. The molecule has 96 valence electrons. The number of hydrogen-bond acceptors (Lipinski definition) is 6. The van der Waals surface area contributed by atoms with E-state index in [0.717, 1.165) is 39.1 Å². The summed E-state index contributed by atoms with van der Waals surface area (Å²) < 4.78 is 10.8. The molecule has 0 unspecified atom stereocenters. The minimum Gasteiger partial charge on any atom is -0.459 e. The molecule has 0 bridgehead atoms. The molecule has 1 aliphatic rings. The summed E-state index contributed by atoms with van der Waals surface area (Å²) in [5.74, 6) is 1.74. The lowest BCUT2D eigenvalue weighted by molar-refractivity contribution is 0.238. The third-order valence-electron chi connectivity index (χ3n) is 3.05. The van der Waals surface area contributed by atoms with Gasteiger partial charge in [0.15, 0.2) is 5.76 Å². The van der Waals surface area contributed by atoms with Crippen molar-refractivity contribution in [2.75, 3.05) is 32.7 Å². The highest BCUT2D eigenvalue weighted by Crippen LogP contribution is 2.17. The number of aromatic nitrogens is 2. The first-order chi connectivity index (χ1) is 8.92. The molecule has 1 fully saturated rings. The number of nitrogens with one attached hydrogen (secondary N) is 1. The monoisotopic (exact) mass is 248 g/mol. The van der Waals surface area contributed by atoms with E-state index in [2.05, 4.69) is 20.4 Å². The summed E-state index contributed by atoms with van der Waals surface area (Å²) in [4.78, 5) is 2.40. The summed E-state index contributed by atoms with van der Waals surface area (Å²) in [5.41, 5.74) is 0. The van der Waals surface area contributed by atoms with E-state index in [1.165, 1.54) is 0 Å². The van der Waals surface area contributed by atoms with E-state index in [-0.39, 0.29) is 0 Å². The molecule has 1 saturated heterocycles. The average Bonchev–Trinajstić information content (AvgIpc) is 3.08. The summed E-state index contributed by atoms with van der Waals surface area (Å²) in [6, 6.07) is 3.62. The van der Waals surface area contributed by atoms with Gasteiger partial charge in [0.2, 0.25) is 5.89 Å². The molecule has 1 N–H and O–H groups in total. The normalized spacial score (nSPS) is 17.1. The Balaban J connectivity index is 1.57. The molecule has 2 aromatic rings. The SMILES string of the molecule is c1coc(-c2nnc(CCN3CCNCC3)o2)c1. The standard InChI is InChI=1S/C12H16N4O2/c1-2-10(17-9-1)12-15-14-11(18-12)3-6-16-7-4-13-5-8-16/h1-2,9,13H,3-8H2. The zero-order valence-corrected chi connectivity index (χ0v) is 10.1. The quantitative estimate of drug-likeness (QED) is 0.862. The highest BCUT2D eigenvalue weighted by Gasteiger charge is 2.13. The maximum absolute atomic E-state index is 5.56. The van der Waals surface area contributed by atoms with Crippen molar-refractivity contribution in [3.8, 4) is 11.7 Å². The van der Waals surface area contributed by atoms with E-state index >= 15 is 0 Å². The van der Waals surface area contributed by atoms with E-state index in [9.17, 15) is 0 Å². The molecule has 0 atom stereocenters. The van der Waals surface area contributed by atoms with Gasteiger partial charge in [0.25, 0.3) is 5.89 Å². The fourth-order valence-corrected chi connectivity index (χ4v) is 2.04. The predicted octanol–water partition coefficient (Wildman–Crippen LogP) is 0.777. The maximum atomic E-state index is 5.56. The molecule has 18 heavy (non-hydrogen) atoms. The van der Waals surface area contributed by atoms with Crippen LogP contribution in [0.3, 0.4) is 0 Å². The number of piperazine rings is 1. The predicted molar refractivity (Wildman–Crippen MR) is 65.0 cm³/mol. The van der Waals surface area contributed by atoms with Crippen molar-refractivity contribution in [1.82, 2.24) is 20.4 Å². The van der Waals surface area contributed by atoms with Crippen LogP contribution in [-0.2, 0) is 6.42 Å². The van der Waals surface area contributed by atoms with Crippen LogP contribution in [-0.4, -0.2) is 47.8 Å². The number of rotatable bonds is 4. The van der Waals surface area contributed by atoms with Crippen LogP contribution in [0.25, 0.3) is 11.7 Å². The third-order valence-corrected chi connectivity index (χ3v) is 3.05. The number of nitrogens with zero attached hydrogens (tertiary/aromatic N) is 3. The highest BCUT2D eigenvalue weighted by atomic mass is 16.4. The molecule has 1 aliphatic heterocycles. The van der Waals surface area contributed by atoms with Gasteiger partial charge in [-0.2, -0.15) is 0 Å². The van der Waals surface area contributed by atoms with Gasteiger partial charge < -0.3 is 19.1 Å². The second-order valence-corrected chi connectivity index (χ2v) is 4.32. The summed E-state index contributed by atoms with van der Waals surface area (Å²) in [6.45, 7) is 5.24. The molecule has 3 heterocycles. The summed E-state index contributed by atoms with van der Waals surface area (Å²) in [5, 5.41) is 11.3. The fourth-order valence-electron chi connectivity index (χ4n) is 2.04. The third kappa shape index (κ3) is 2.60. The van der Waals surface area contributed by atoms with Crippen molar-refractivity contribution in [2.45, 2.75) is 6.42 Å². The first kappa shape index (κ1) is 11.4. The van der Waals surface area contributed by atoms with Crippen LogP contribution in [0.1, 0.15) is 5.89 Å². The Hall–Kier alpha value is -1.66. The van der Waals surface area contributed by atoms with E-state index < -0.39 is 0 Å². The molecular weight excluding hydrogens is 232 g/mol. The largest absolute Gasteiger partial charge is 0.459 e. The minimum atomic E-state index is 0.454. The lowest BCUT2D eigenvalue weighted by Gasteiger charge is -2.26. The molecule has 0 amide bonds. The molecule has 0 radical (unpaired) electrons. The topological polar surface area (TPSA) is 67.3 Å².